The number of terminal acetylenes is 1. The van der Waals surface area contributed by atoms with E-state index in [2.05, 4.69) is 25.6 Å². The molecule has 0 aliphatic rings. The highest BCUT2D eigenvalue weighted by Gasteiger charge is 2.14. The van der Waals surface area contributed by atoms with Gasteiger partial charge in [-0.2, -0.15) is 0 Å². The molecule has 0 radical (unpaired) electrons. The standard InChI is InChI=1S/C18H15N3O4/c1-3-8-24-12-4-5-13(16(9-12)25-11-17(22)23-2)18-20-14-6-7-19-10-15(14)21-18/h1,4-7,9-10H,8,11H2,2H3,(H,20,21). The Kier molecular flexibility index (Phi) is 4.81. The molecule has 1 N–H and O–H groups in total. The highest BCUT2D eigenvalue weighted by Crippen LogP contribution is 2.33. The minimum absolute atomic E-state index is 0.131. The number of benzene rings is 1. The third-order valence-corrected chi connectivity index (χ3v) is 3.39. The van der Waals surface area contributed by atoms with Crippen LogP contribution in [-0.2, 0) is 9.53 Å². The Morgan fingerprint density at radius 3 is 2.96 bits per heavy atom. The first-order valence-electron chi connectivity index (χ1n) is 7.41. The highest BCUT2D eigenvalue weighted by atomic mass is 16.6. The third-order valence-electron chi connectivity index (χ3n) is 3.39. The van der Waals surface area contributed by atoms with Crippen molar-refractivity contribution in [1.29, 1.82) is 0 Å². The lowest BCUT2D eigenvalue weighted by Crippen LogP contribution is -2.13. The molecule has 7 nitrogen and oxygen atoms in total. The molecule has 1 aromatic carbocycles. The van der Waals surface area contributed by atoms with Crippen LogP contribution >= 0.6 is 0 Å². The van der Waals surface area contributed by atoms with Crippen molar-refractivity contribution in [3.8, 4) is 35.2 Å². The van der Waals surface area contributed by atoms with Crippen LogP contribution < -0.4 is 9.47 Å². The molecule has 25 heavy (non-hydrogen) atoms. The summed E-state index contributed by atoms with van der Waals surface area (Å²) in [5, 5.41) is 0. The van der Waals surface area contributed by atoms with Crippen molar-refractivity contribution in [2.45, 2.75) is 0 Å². The van der Waals surface area contributed by atoms with Gasteiger partial charge in [-0.15, -0.1) is 6.42 Å². The van der Waals surface area contributed by atoms with Gasteiger partial charge in [-0.05, 0) is 18.2 Å². The first-order chi connectivity index (χ1) is 12.2. The Morgan fingerprint density at radius 1 is 1.32 bits per heavy atom. The number of fused-ring (bicyclic) bond motifs is 1. The van der Waals surface area contributed by atoms with E-state index >= 15 is 0 Å². The summed E-state index contributed by atoms with van der Waals surface area (Å²) in [5.41, 5.74) is 2.24. The predicted octanol–water partition coefficient (Wildman–Crippen LogP) is 2.19. The number of carbonyl (C=O) groups excluding carboxylic acids is 1. The van der Waals surface area contributed by atoms with Crippen molar-refractivity contribution in [3.05, 3.63) is 36.7 Å². The van der Waals surface area contributed by atoms with Gasteiger partial charge in [0.15, 0.2) is 6.61 Å². The molecule has 2 aromatic heterocycles. The van der Waals surface area contributed by atoms with Crippen molar-refractivity contribution in [1.82, 2.24) is 15.0 Å². The number of aromatic amines is 1. The van der Waals surface area contributed by atoms with Crippen molar-refractivity contribution in [2.24, 2.45) is 0 Å². The lowest BCUT2D eigenvalue weighted by molar-refractivity contribution is -0.142. The van der Waals surface area contributed by atoms with Gasteiger partial charge in [0, 0.05) is 12.3 Å². The van der Waals surface area contributed by atoms with Gasteiger partial charge in [-0.3, -0.25) is 4.98 Å². The van der Waals surface area contributed by atoms with Gasteiger partial charge < -0.3 is 19.2 Å². The molecule has 7 heteroatoms. The molecule has 0 atom stereocenters. The van der Waals surface area contributed by atoms with E-state index in [9.17, 15) is 4.79 Å². The number of imidazole rings is 1. The summed E-state index contributed by atoms with van der Waals surface area (Å²) in [6, 6.07) is 6.99. The Balaban J connectivity index is 1.98. The lowest BCUT2D eigenvalue weighted by Gasteiger charge is -2.11. The van der Waals surface area contributed by atoms with E-state index in [-0.39, 0.29) is 13.2 Å². The van der Waals surface area contributed by atoms with Crippen LogP contribution in [0.2, 0.25) is 0 Å². The molecule has 0 spiro atoms. The number of nitrogens with one attached hydrogen (secondary N) is 1. The Morgan fingerprint density at radius 2 is 2.20 bits per heavy atom. The van der Waals surface area contributed by atoms with Gasteiger partial charge in [-0.25, -0.2) is 9.78 Å². The van der Waals surface area contributed by atoms with Gasteiger partial charge >= 0.3 is 5.97 Å². The molecule has 2 heterocycles. The van der Waals surface area contributed by atoms with Crippen molar-refractivity contribution in [3.63, 3.8) is 0 Å². The number of esters is 1. The fourth-order valence-electron chi connectivity index (χ4n) is 2.21. The third kappa shape index (κ3) is 3.70. The minimum Gasteiger partial charge on any atom is -0.481 e. The normalized spacial score (nSPS) is 10.2. The van der Waals surface area contributed by atoms with Gasteiger partial charge in [0.05, 0.1) is 29.9 Å². The Labute approximate surface area is 144 Å². The van der Waals surface area contributed by atoms with E-state index < -0.39 is 5.97 Å². The molecule has 0 saturated carbocycles. The average Bonchev–Trinajstić information content (AvgIpc) is 3.08. The van der Waals surface area contributed by atoms with Crippen LogP contribution in [0.4, 0.5) is 0 Å². The smallest absolute Gasteiger partial charge is 0.343 e. The maximum atomic E-state index is 11.4. The van der Waals surface area contributed by atoms with E-state index in [0.29, 0.717) is 22.9 Å². The van der Waals surface area contributed by atoms with Crippen molar-refractivity contribution < 1.29 is 19.0 Å². The molecule has 0 amide bonds. The second kappa shape index (κ2) is 7.36. The lowest BCUT2D eigenvalue weighted by atomic mass is 10.2. The summed E-state index contributed by atoms with van der Waals surface area (Å²) in [7, 11) is 1.30. The number of carbonyl (C=O) groups is 1. The molecule has 126 valence electrons. The second-order valence-electron chi connectivity index (χ2n) is 4.99. The Hall–Kier alpha value is -3.53. The fourth-order valence-corrected chi connectivity index (χ4v) is 2.21. The summed E-state index contributed by atoms with van der Waals surface area (Å²) >= 11 is 0. The zero-order valence-electron chi connectivity index (χ0n) is 13.5. The SMILES string of the molecule is C#CCOc1ccc(-c2nc3ccncc3[nH]2)c(OCC(=O)OC)c1. The quantitative estimate of drug-likeness (QED) is 0.548. The van der Waals surface area contributed by atoms with Gasteiger partial charge in [0.2, 0.25) is 0 Å². The number of nitrogens with zero attached hydrogens (tertiary/aromatic N) is 2. The number of aromatic nitrogens is 3. The molecule has 0 saturated heterocycles. The van der Waals surface area contributed by atoms with Crippen molar-refractivity contribution in [2.75, 3.05) is 20.3 Å². The zero-order valence-corrected chi connectivity index (χ0v) is 13.5. The molecule has 0 fully saturated rings. The van der Waals surface area contributed by atoms with E-state index in [1.807, 2.05) is 0 Å². The summed E-state index contributed by atoms with van der Waals surface area (Å²) < 4.78 is 15.6. The molecular weight excluding hydrogens is 322 g/mol. The van der Waals surface area contributed by atoms with Crippen LogP contribution in [0.25, 0.3) is 22.4 Å². The maximum Gasteiger partial charge on any atom is 0.343 e. The summed E-state index contributed by atoms with van der Waals surface area (Å²) in [4.78, 5) is 23.1. The van der Waals surface area contributed by atoms with Crippen LogP contribution in [0.15, 0.2) is 36.7 Å². The number of hydrogen-bond acceptors (Lipinski definition) is 6. The summed E-state index contributed by atoms with van der Waals surface area (Å²) in [6.07, 6.45) is 8.56. The topological polar surface area (TPSA) is 86.3 Å². The maximum absolute atomic E-state index is 11.4. The molecule has 3 rings (SSSR count). The summed E-state index contributed by atoms with van der Waals surface area (Å²) in [6.45, 7) is -0.101. The van der Waals surface area contributed by atoms with Crippen molar-refractivity contribution >= 4 is 17.0 Å². The van der Waals surface area contributed by atoms with Crippen LogP contribution in [0.3, 0.4) is 0 Å². The van der Waals surface area contributed by atoms with Crippen LogP contribution in [0, 0.1) is 12.3 Å². The molecule has 3 aromatic rings. The number of H-pyrrole nitrogens is 1. The molecule has 0 aliphatic heterocycles. The molecule has 0 bridgehead atoms. The number of pyridine rings is 1. The molecule has 0 aliphatic carbocycles. The van der Waals surface area contributed by atoms with Crippen LogP contribution in [0.1, 0.15) is 0 Å². The fraction of sp³-hybridized carbons (Fsp3) is 0.167. The zero-order chi connectivity index (χ0) is 17.6. The second-order valence-corrected chi connectivity index (χ2v) is 4.99. The molecule has 0 unspecified atom stereocenters. The van der Waals surface area contributed by atoms with E-state index in [1.165, 1.54) is 7.11 Å². The van der Waals surface area contributed by atoms with E-state index in [4.69, 9.17) is 15.9 Å². The Bertz CT molecular complexity index is 910. The summed E-state index contributed by atoms with van der Waals surface area (Å²) in [5.74, 6) is 3.44. The van der Waals surface area contributed by atoms with E-state index in [1.54, 1.807) is 36.7 Å². The van der Waals surface area contributed by atoms with E-state index in [0.717, 1.165) is 11.0 Å². The van der Waals surface area contributed by atoms with Gasteiger partial charge in [0.25, 0.3) is 0 Å². The number of rotatable bonds is 6. The average molecular weight is 337 g/mol. The minimum atomic E-state index is -0.491. The van der Waals surface area contributed by atoms with Crippen LogP contribution in [-0.4, -0.2) is 41.2 Å². The van der Waals surface area contributed by atoms with Gasteiger partial charge in [0.1, 0.15) is 23.9 Å². The predicted molar refractivity (Wildman–Crippen MR) is 91.2 cm³/mol. The van der Waals surface area contributed by atoms with Gasteiger partial charge in [-0.1, -0.05) is 5.92 Å². The first kappa shape index (κ1) is 16.3. The number of methoxy groups -OCH3 is 1. The first-order valence-corrected chi connectivity index (χ1v) is 7.41. The number of ether oxygens (including phenoxy) is 3. The highest BCUT2D eigenvalue weighted by molar-refractivity contribution is 5.80. The largest absolute Gasteiger partial charge is 0.481 e. The molecular formula is C18H15N3O4. The monoisotopic (exact) mass is 337 g/mol. The number of hydrogen-bond donors (Lipinski definition) is 1. The van der Waals surface area contributed by atoms with Crippen LogP contribution in [0.5, 0.6) is 11.5 Å².